The van der Waals surface area contributed by atoms with Gasteiger partial charge in [0.15, 0.2) is 5.13 Å². The second kappa shape index (κ2) is 10.3. The smallest absolute Gasteiger partial charge is 0.245 e. The fraction of sp³-hybridized carbons (Fsp3) is 0.259. The Hall–Kier alpha value is -3.21. The van der Waals surface area contributed by atoms with Gasteiger partial charge in [0, 0.05) is 25.1 Å². The molecule has 0 radical (unpaired) electrons. The van der Waals surface area contributed by atoms with E-state index < -0.39 is 32.5 Å². The average Bonchev–Trinajstić information content (AvgIpc) is 3.33. The Kier molecular flexibility index (Phi) is 7.06. The highest BCUT2D eigenvalue weighted by molar-refractivity contribution is 7.89. The first kappa shape index (κ1) is 25.4. The number of hydrogen-bond acceptors (Lipinski definition) is 5. The molecule has 1 aromatic heterocycles. The van der Waals surface area contributed by atoms with Crippen LogP contribution >= 0.6 is 11.3 Å². The van der Waals surface area contributed by atoms with Gasteiger partial charge in [-0.3, -0.25) is 9.69 Å². The van der Waals surface area contributed by atoms with Crippen LogP contribution in [0, 0.1) is 24.5 Å². The van der Waals surface area contributed by atoms with Gasteiger partial charge in [-0.05, 0) is 49.1 Å². The van der Waals surface area contributed by atoms with Gasteiger partial charge in [0.2, 0.25) is 15.9 Å². The van der Waals surface area contributed by atoms with E-state index in [1.807, 2.05) is 55.5 Å². The number of anilines is 1. The zero-order chi connectivity index (χ0) is 26.2. The van der Waals surface area contributed by atoms with Gasteiger partial charge in [-0.1, -0.05) is 53.8 Å². The van der Waals surface area contributed by atoms with Crippen molar-refractivity contribution in [3.8, 4) is 0 Å². The molecule has 0 saturated carbocycles. The van der Waals surface area contributed by atoms with Gasteiger partial charge < -0.3 is 0 Å². The molecule has 1 amide bonds. The molecule has 0 atom stereocenters. The number of aromatic nitrogens is 1. The lowest BCUT2D eigenvalue weighted by molar-refractivity contribution is -0.123. The topological polar surface area (TPSA) is 70.6 Å². The maximum absolute atomic E-state index is 14.2. The number of carbonyl (C=O) groups is 1. The highest BCUT2D eigenvalue weighted by Gasteiger charge is 2.36. The largest absolute Gasteiger partial charge is 0.283 e. The third kappa shape index (κ3) is 5.14. The molecule has 6 nitrogen and oxygen atoms in total. The molecule has 1 saturated heterocycles. The number of aryl methyl sites for hydroxylation is 1. The van der Waals surface area contributed by atoms with E-state index in [2.05, 4.69) is 0 Å². The van der Waals surface area contributed by atoms with Gasteiger partial charge in [0.1, 0.15) is 16.5 Å². The summed E-state index contributed by atoms with van der Waals surface area (Å²) in [4.78, 5) is 19.7. The molecular formula is C27H25F2N3O3S2. The molecule has 2 heterocycles. The minimum atomic E-state index is -4.15. The number of thiazole rings is 1. The average molecular weight is 542 g/mol. The number of hydrogen-bond donors (Lipinski definition) is 0. The molecule has 1 aliphatic heterocycles. The van der Waals surface area contributed by atoms with E-state index in [0.29, 0.717) is 17.7 Å². The SMILES string of the molecule is Cc1cccc2sc(N(Cc3ccccc3)C(=O)C3CCN(S(=O)(=O)c4ccc(F)cc4F)CC3)nc12. The molecule has 0 unspecified atom stereocenters. The third-order valence-electron chi connectivity index (χ3n) is 6.60. The first-order valence-electron chi connectivity index (χ1n) is 11.9. The van der Waals surface area contributed by atoms with E-state index in [1.165, 1.54) is 11.3 Å². The van der Waals surface area contributed by atoms with Crippen molar-refractivity contribution in [2.75, 3.05) is 18.0 Å². The molecule has 0 aliphatic carbocycles. The monoisotopic (exact) mass is 541 g/mol. The summed E-state index contributed by atoms with van der Waals surface area (Å²) in [6.07, 6.45) is 0.576. The number of rotatable bonds is 6. The lowest BCUT2D eigenvalue weighted by Gasteiger charge is -2.33. The second-order valence-electron chi connectivity index (χ2n) is 9.08. The van der Waals surface area contributed by atoms with Crippen LogP contribution in [0.3, 0.4) is 0 Å². The zero-order valence-corrected chi connectivity index (χ0v) is 21.7. The molecule has 1 fully saturated rings. The minimum absolute atomic E-state index is 0.0632. The molecule has 192 valence electrons. The number of sulfonamides is 1. The standard InChI is InChI=1S/C27H25F2N3O3S2/c1-18-6-5-9-23-25(18)30-27(36-23)32(17-19-7-3-2-4-8-19)26(33)20-12-14-31(15-13-20)37(34,35)24-11-10-21(28)16-22(24)29/h2-11,16,20H,12-15,17H2,1H3. The van der Waals surface area contributed by atoms with Gasteiger partial charge in [0.25, 0.3) is 0 Å². The van der Waals surface area contributed by atoms with Crippen molar-refractivity contribution in [3.05, 3.63) is 89.5 Å². The molecule has 3 aromatic carbocycles. The molecule has 4 aromatic rings. The summed E-state index contributed by atoms with van der Waals surface area (Å²) in [6.45, 7) is 2.45. The Morgan fingerprint density at radius 1 is 1.05 bits per heavy atom. The van der Waals surface area contributed by atoms with Gasteiger partial charge in [-0.15, -0.1) is 0 Å². The summed E-state index contributed by atoms with van der Waals surface area (Å²) in [5.41, 5.74) is 2.84. The van der Waals surface area contributed by atoms with Crippen LogP contribution in [0.4, 0.5) is 13.9 Å². The fourth-order valence-corrected chi connectivity index (χ4v) is 7.15. The van der Waals surface area contributed by atoms with Crippen LogP contribution in [-0.2, 0) is 21.4 Å². The molecule has 0 spiro atoms. The summed E-state index contributed by atoms with van der Waals surface area (Å²) in [5.74, 6) is -2.51. The number of halogens is 2. The van der Waals surface area contributed by atoms with E-state index in [1.54, 1.807) is 4.90 Å². The van der Waals surface area contributed by atoms with Crippen molar-refractivity contribution in [2.45, 2.75) is 31.2 Å². The van der Waals surface area contributed by atoms with Crippen LogP contribution in [0.15, 0.2) is 71.6 Å². The maximum atomic E-state index is 14.2. The van der Waals surface area contributed by atoms with E-state index in [-0.39, 0.29) is 31.8 Å². The van der Waals surface area contributed by atoms with Crippen molar-refractivity contribution < 1.29 is 22.0 Å². The maximum Gasteiger partial charge on any atom is 0.245 e. The Bertz CT molecular complexity index is 1550. The first-order valence-corrected chi connectivity index (χ1v) is 14.2. The van der Waals surface area contributed by atoms with Crippen molar-refractivity contribution in [1.82, 2.24) is 9.29 Å². The molecule has 5 rings (SSSR count). The van der Waals surface area contributed by atoms with Crippen LogP contribution < -0.4 is 4.90 Å². The summed E-state index contributed by atoms with van der Waals surface area (Å²) in [7, 11) is -4.15. The van der Waals surface area contributed by atoms with E-state index >= 15 is 0 Å². The van der Waals surface area contributed by atoms with Gasteiger partial charge >= 0.3 is 0 Å². The van der Waals surface area contributed by atoms with E-state index in [4.69, 9.17) is 4.98 Å². The van der Waals surface area contributed by atoms with Crippen LogP contribution in [0.1, 0.15) is 24.0 Å². The van der Waals surface area contributed by atoms with Crippen molar-refractivity contribution in [3.63, 3.8) is 0 Å². The molecule has 37 heavy (non-hydrogen) atoms. The Labute approximate surface area is 218 Å². The summed E-state index contributed by atoms with van der Waals surface area (Å²) < 4.78 is 55.6. The minimum Gasteiger partial charge on any atom is -0.283 e. The van der Waals surface area contributed by atoms with Crippen LogP contribution in [0.25, 0.3) is 10.2 Å². The van der Waals surface area contributed by atoms with Crippen molar-refractivity contribution >= 4 is 42.6 Å². The highest BCUT2D eigenvalue weighted by Crippen LogP contribution is 2.34. The highest BCUT2D eigenvalue weighted by atomic mass is 32.2. The number of piperidine rings is 1. The molecule has 1 aliphatic rings. The predicted octanol–water partition coefficient (Wildman–Crippen LogP) is 5.52. The molecule has 0 bridgehead atoms. The lowest BCUT2D eigenvalue weighted by Crippen LogP contribution is -2.44. The lowest BCUT2D eigenvalue weighted by atomic mass is 9.96. The summed E-state index contributed by atoms with van der Waals surface area (Å²) >= 11 is 1.45. The van der Waals surface area contributed by atoms with Gasteiger partial charge in [-0.25, -0.2) is 22.2 Å². The van der Waals surface area contributed by atoms with Crippen LogP contribution in [-0.4, -0.2) is 36.7 Å². The predicted molar refractivity (Wildman–Crippen MR) is 140 cm³/mol. The second-order valence-corrected chi connectivity index (χ2v) is 12.0. The van der Waals surface area contributed by atoms with Gasteiger partial charge in [-0.2, -0.15) is 4.31 Å². The fourth-order valence-electron chi connectivity index (χ4n) is 4.58. The van der Waals surface area contributed by atoms with E-state index in [0.717, 1.165) is 37.8 Å². The summed E-state index contributed by atoms with van der Waals surface area (Å²) in [6, 6.07) is 18.0. The Morgan fingerprint density at radius 2 is 1.78 bits per heavy atom. The number of para-hydroxylation sites is 1. The Morgan fingerprint density at radius 3 is 2.46 bits per heavy atom. The zero-order valence-electron chi connectivity index (χ0n) is 20.1. The van der Waals surface area contributed by atoms with Crippen molar-refractivity contribution in [2.24, 2.45) is 5.92 Å². The van der Waals surface area contributed by atoms with Crippen LogP contribution in [0.5, 0.6) is 0 Å². The number of fused-ring (bicyclic) bond motifs is 1. The molecule has 10 heteroatoms. The quantitative estimate of drug-likeness (QED) is 0.323. The number of benzene rings is 3. The number of carbonyl (C=O) groups excluding carboxylic acids is 1. The van der Waals surface area contributed by atoms with E-state index in [9.17, 15) is 22.0 Å². The normalized spacial score (nSPS) is 15.2. The summed E-state index contributed by atoms with van der Waals surface area (Å²) in [5, 5.41) is 0.599. The van der Waals surface area contributed by atoms with Gasteiger partial charge in [0.05, 0.1) is 16.8 Å². The third-order valence-corrected chi connectivity index (χ3v) is 9.58. The number of nitrogens with zero attached hydrogens (tertiary/aromatic N) is 3. The Balaban J connectivity index is 1.38. The number of amides is 1. The molecule has 0 N–H and O–H groups in total. The van der Waals surface area contributed by atoms with Crippen molar-refractivity contribution in [1.29, 1.82) is 0 Å². The van der Waals surface area contributed by atoms with Crippen LogP contribution in [0.2, 0.25) is 0 Å². The molecular weight excluding hydrogens is 516 g/mol. The first-order chi connectivity index (χ1) is 17.7.